The molecule has 2 saturated heterocycles. The van der Waals surface area contributed by atoms with Crippen LogP contribution in [0, 0.1) is 5.92 Å². The van der Waals surface area contributed by atoms with Crippen LogP contribution >= 0.6 is 0 Å². The second-order valence-corrected chi connectivity index (χ2v) is 10.2. The number of ether oxygens (including phenoxy) is 3. The van der Waals surface area contributed by atoms with Crippen LogP contribution in [0.3, 0.4) is 0 Å². The van der Waals surface area contributed by atoms with Gasteiger partial charge in [0.15, 0.2) is 0 Å². The van der Waals surface area contributed by atoms with E-state index in [-0.39, 0.29) is 18.7 Å². The summed E-state index contributed by atoms with van der Waals surface area (Å²) in [6, 6.07) is 19.5. The van der Waals surface area contributed by atoms with E-state index < -0.39 is 0 Å². The standard InChI is InChI=1S/C30H33N5O4/c1-37-29-24(15-23-9-5-6-10-25(23)33-29)26-16-31-28(32-26)27-18-34(17-22-11-14-38-19-22)12-13-35(27)30(36)39-20-21-7-3-2-4-8-21/h2-10,15-16,22,27H,11-14,17-20H2,1H3,(H,31,32). The zero-order valence-corrected chi connectivity index (χ0v) is 22.1. The molecule has 202 valence electrons. The van der Waals surface area contributed by atoms with Crippen molar-refractivity contribution >= 4 is 17.0 Å². The van der Waals surface area contributed by atoms with Gasteiger partial charge in [-0.2, -0.15) is 0 Å². The highest BCUT2D eigenvalue weighted by molar-refractivity contribution is 5.85. The predicted octanol–water partition coefficient (Wildman–Crippen LogP) is 4.67. The van der Waals surface area contributed by atoms with Crippen molar-refractivity contribution in [2.45, 2.75) is 19.1 Å². The summed E-state index contributed by atoms with van der Waals surface area (Å²) in [5.74, 6) is 1.75. The number of pyridine rings is 1. The van der Waals surface area contributed by atoms with Crippen LogP contribution in [-0.4, -0.2) is 77.3 Å². The van der Waals surface area contributed by atoms with Crippen LogP contribution in [-0.2, 0) is 16.1 Å². The van der Waals surface area contributed by atoms with Crippen LogP contribution in [0.2, 0.25) is 0 Å². The normalized spacial score (nSPS) is 19.9. The molecule has 0 radical (unpaired) electrons. The number of rotatable bonds is 7. The lowest BCUT2D eigenvalue weighted by molar-refractivity contribution is 0.0348. The molecule has 0 aliphatic carbocycles. The molecule has 9 nitrogen and oxygen atoms in total. The average Bonchev–Trinajstić information content (AvgIpc) is 3.68. The number of nitrogens with zero attached hydrogens (tertiary/aromatic N) is 4. The van der Waals surface area contributed by atoms with E-state index in [1.165, 1.54) is 0 Å². The summed E-state index contributed by atoms with van der Waals surface area (Å²) in [6.07, 6.45) is 2.53. The van der Waals surface area contributed by atoms with Crippen molar-refractivity contribution in [3.8, 4) is 17.1 Å². The predicted molar refractivity (Wildman–Crippen MR) is 147 cm³/mol. The molecule has 6 rings (SSSR count). The first-order valence-electron chi connectivity index (χ1n) is 13.4. The van der Waals surface area contributed by atoms with E-state index in [0.29, 0.717) is 30.7 Å². The Kier molecular flexibility index (Phi) is 7.42. The van der Waals surface area contributed by atoms with Gasteiger partial charge in [-0.05, 0) is 30.0 Å². The lowest BCUT2D eigenvalue weighted by Crippen LogP contribution is -2.52. The number of hydrogen-bond donors (Lipinski definition) is 1. The van der Waals surface area contributed by atoms with Crippen molar-refractivity contribution in [2.24, 2.45) is 5.92 Å². The highest BCUT2D eigenvalue weighted by Gasteiger charge is 2.35. The number of imidazole rings is 1. The van der Waals surface area contributed by atoms with Gasteiger partial charge in [0.1, 0.15) is 18.5 Å². The molecule has 0 spiro atoms. The van der Waals surface area contributed by atoms with Crippen LogP contribution in [0.15, 0.2) is 66.9 Å². The van der Waals surface area contributed by atoms with Gasteiger partial charge in [-0.1, -0.05) is 48.5 Å². The number of nitrogens with one attached hydrogen (secondary N) is 1. The number of carbonyl (C=O) groups excluding carboxylic acids is 1. The molecule has 2 unspecified atom stereocenters. The van der Waals surface area contributed by atoms with Gasteiger partial charge in [-0.3, -0.25) is 9.80 Å². The fourth-order valence-electron chi connectivity index (χ4n) is 5.44. The third-order valence-corrected chi connectivity index (χ3v) is 7.53. The Hall–Kier alpha value is -3.95. The first-order chi connectivity index (χ1) is 19.2. The number of aromatic amines is 1. The molecule has 2 fully saturated rings. The molecule has 2 aromatic heterocycles. The number of amides is 1. The number of aromatic nitrogens is 3. The van der Waals surface area contributed by atoms with E-state index in [2.05, 4.69) is 20.9 Å². The Morgan fingerprint density at radius 2 is 1.97 bits per heavy atom. The smallest absolute Gasteiger partial charge is 0.410 e. The van der Waals surface area contributed by atoms with E-state index >= 15 is 0 Å². The Labute approximate surface area is 227 Å². The van der Waals surface area contributed by atoms with E-state index in [9.17, 15) is 4.79 Å². The number of carbonyl (C=O) groups is 1. The van der Waals surface area contributed by atoms with E-state index in [4.69, 9.17) is 19.2 Å². The number of methoxy groups -OCH3 is 1. The Morgan fingerprint density at radius 3 is 2.79 bits per heavy atom. The first-order valence-corrected chi connectivity index (χ1v) is 13.4. The zero-order valence-electron chi connectivity index (χ0n) is 22.1. The summed E-state index contributed by atoms with van der Waals surface area (Å²) < 4.78 is 17.0. The number of piperazine rings is 1. The molecular formula is C30H33N5O4. The molecular weight excluding hydrogens is 494 g/mol. The Balaban J connectivity index is 1.26. The monoisotopic (exact) mass is 527 g/mol. The van der Waals surface area contributed by atoms with E-state index in [1.807, 2.05) is 54.6 Å². The Bertz CT molecular complexity index is 1420. The van der Waals surface area contributed by atoms with E-state index in [0.717, 1.165) is 60.4 Å². The summed E-state index contributed by atoms with van der Waals surface area (Å²) in [5.41, 5.74) is 3.44. The van der Waals surface area contributed by atoms with Gasteiger partial charge in [-0.15, -0.1) is 0 Å². The van der Waals surface area contributed by atoms with Crippen molar-refractivity contribution in [1.29, 1.82) is 0 Å². The SMILES string of the molecule is COc1nc2ccccc2cc1-c1cnc(C2CN(CC3CCOC3)CCN2C(=O)OCc2ccccc2)[nH]1. The highest BCUT2D eigenvalue weighted by atomic mass is 16.6. The number of fused-ring (bicyclic) bond motifs is 1. The second-order valence-electron chi connectivity index (χ2n) is 10.2. The van der Waals surface area contributed by atoms with Gasteiger partial charge >= 0.3 is 6.09 Å². The van der Waals surface area contributed by atoms with Gasteiger partial charge in [-0.25, -0.2) is 14.8 Å². The van der Waals surface area contributed by atoms with Gasteiger partial charge in [0.25, 0.3) is 0 Å². The van der Waals surface area contributed by atoms with Crippen molar-refractivity contribution in [2.75, 3.05) is 46.5 Å². The third kappa shape index (κ3) is 5.60. The van der Waals surface area contributed by atoms with Gasteiger partial charge in [0.2, 0.25) is 5.88 Å². The summed E-state index contributed by atoms with van der Waals surface area (Å²) >= 11 is 0. The largest absolute Gasteiger partial charge is 0.480 e. The second kappa shape index (κ2) is 11.4. The van der Waals surface area contributed by atoms with Gasteiger partial charge in [0, 0.05) is 38.2 Å². The van der Waals surface area contributed by atoms with Crippen LogP contribution in [0.5, 0.6) is 5.88 Å². The number of H-pyrrole nitrogens is 1. The average molecular weight is 528 g/mol. The minimum Gasteiger partial charge on any atom is -0.480 e. The highest BCUT2D eigenvalue weighted by Crippen LogP contribution is 2.33. The van der Waals surface area contributed by atoms with Crippen LogP contribution in [0.4, 0.5) is 4.79 Å². The van der Waals surface area contributed by atoms with E-state index in [1.54, 1.807) is 18.2 Å². The lowest BCUT2D eigenvalue weighted by atomic mass is 10.1. The van der Waals surface area contributed by atoms with Gasteiger partial charge < -0.3 is 19.2 Å². The fourth-order valence-corrected chi connectivity index (χ4v) is 5.44. The molecule has 1 amide bonds. The Morgan fingerprint density at radius 1 is 1.13 bits per heavy atom. The third-order valence-electron chi connectivity index (χ3n) is 7.53. The number of para-hydroxylation sites is 1. The molecule has 9 heteroatoms. The minimum absolute atomic E-state index is 0.232. The summed E-state index contributed by atoms with van der Waals surface area (Å²) in [4.78, 5) is 30.4. The van der Waals surface area contributed by atoms with Crippen LogP contribution in [0.1, 0.15) is 23.9 Å². The minimum atomic E-state index is -0.337. The lowest BCUT2D eigenvalue weighted by Gasteiger charge is -2.40. The van der Waals surface area contributed by atoms with Crippen molar-refractivity contribution in [3.05, 3.63) is 78.2 Å². The molecule has 4 aromatic rings. The maximum absolute atomic E-state index is 13.3. The molecule has 39 heavy (non-hydrogen) atoms. The zero-order chi connectivity index (χ0) is 26.6. The van der Waals surface area contributed by atoms with Crippen molar-refractivity contribution in [3.63, 3.8) is 0 Å². The first kappa shape index (κ1) is 25.3. The number of benzene rings is 2. The molecule has 4 heterocycles. The number of hydrogen-bond acceptors (Lipinski definition) is 7. The molecule has 1 N–H and O–H groups in total. The molecule has 2 atom stereocenters. The van der Waals surface area contributed by atoms with Crippen molar-refractivity contribution in [1.82, 2.24) is 24.8 Å². The molecule has 2 aliphatic rings. The molecule has 0 bridgehead atoms. The molecule has 0 saturated carbocycles. The van der Waals surface area contributed by atoms with Crippen molar-refractivity contribution < 1.29 is 19.0 Å². The fraction of sp³-hybridized carbons (Fsp3) is 0.367. The summed E-state index contributed by atoms with van der Waals surface area (Å²) in [5, 5.41) is 1.01. The maximum Gasteiger partial charge on any atom is 0.410 e. The topological polar surface area (TPSA) is 92.8 Å². The van der Waals surface area contributed by atoms with Crippen LogP contribution in [0.25, 0.3) is 22.2 Å². The van der Waals surface area contributed by atoms with Gasteiger partial charge in [0.05, 0.1) is 36.7 Å². The van der Waals surface area contributed by atoms with Crippen LogP contribution < -0.4 is 4.74 Å². The summed E-state index contributed by atoms with van der Waals surface area (Å²) in [6.45, 7) is 4.80. The maximum atomic E-state index is 13.3. The summed E-state index contributed by atoms with van der Waals surface area (Å²) in [7, 11) is 1.62. The quantitative estimate of drug-likeness (QED) is 0.374. The molecule has 2 aliphatic heterocycles. The molecule has 2 aromatic carbocycles.